The van der Waals surface area contributed by atoms with Crippen LogP contribution in [0.15, 0.2) is 12.5 Å². The van der Waals surface area contributed by atoms with Crippen molar-refractivity contribution in [2.45, 2.75) is 12.6 Å². The van der Waals surface area contributed by atoms with Crippen LogP contribution in [0.25, 0.3) is 0 Å². The lowest BCUT2D eigenvalue weighted by molar-refractivity contribution is -0.118. The second-order valence-corrected chi connectivity index (χ2v) is 3.48. The number of hydrogen-bond acceptors (Lipinski definition) is 4. The van der Waals surface area contributed by atoms with Crippen molar-refractivity contribution in [3.63, 3.8) is 0 Å². The number of hydrogen-bond donors (Lipinski definition) is 2. The van der Waals surface area contributed by atoms with E-state index in [2.05, 4.69) is 10.3 Å². The average Bonchev–Trinajstić information content (AvgIpc) is 2.66. The van der Waals surface area contributed by atoms with Gasteiger partial charge in [0.1, 0.15) is 12.6 Å². The van der Waals surface area contributed by atoms with Gasteiger partial charge in [0.2, 0.25) is 5.91 Å². The molecule has 1 aliphatic rings. The quantitative estimate of drug-likeness (QED) is 0.672. The molecule has 1 saturated heterocycles. The number of ether oxygens (including phenoxy) is 1. The van der Waals surface area contributed by atoms with Crippen LogP contribution in [0, 0.1) is 0 Å². The lowest BCUT2D eigenvalue weighted by atomic mass is 10.2. The molecule has 1 unspecified atom stereocenters. The molecule has 1 atom stereocenters. The number of nitrogens with two attached hydrogens (primary N) is 1. The van der Waals surface area contributed by atoms with Crippen molar-refractivity contribution in [3.05, 3.63) is 18.2 Å². The van der Waals surface area contributed by atoms with Gasteiger partial charge in [0.15, 0.2) is 0 Å². The second kappa shape index (κ2) is 4.41. The van der Waals surface area contributed by atoms with Crippen LogP contribution >= 0.6 is 0 Å². The highest BCUT2D eigenvalue weighted by atomic mass is 16.5. The fraction of sp³-hybridized carbons (Fsp3) is 0.556. The van der Waals surface area contributed by atoms with Crippen LogP contribution in [-0.2, 0) is 16.1 Å². The number of carbonyl (C=O) groups is 1. The maximum Gasteiger partial charge on any atom is 0.237 e. The molecule has 0 aliphatic carbocycles. The zero-order valence-electron chi connectivity index (χ0n) is 8.35. The fourth-order valence-electron chi connectivity index (χ4n) is 1.65. The van der Waals surface area contributed by atoms with Crippen molar-refractivity contribution < 1.29 is 9.53 Å². The van der Waals surface area contributed by atoms with Crippen molar-refractivity contribution in [2.75, 3.05) is 19.7 Å². The molecule has 0 aromatic carbocycles. The van der Waals surface area contributed by atoms with E-state index in [9.17, 15) is 4.79 Å². The molecule has 2 heterocycles. The van der Waals surface area contributed by atoms with Gasteiger partial charge in [-0.05, 0) is 0 Å². The summed E-state index contributed by atoms with van der Waals surface area (Å²) in [5, 5.41) is 3.22. The normalized spacial score (nSPS) is 21.5. The van der Waals surface area contributed by atoms with Gasteiger partial charge in [-0.3, -0.25) is 4.79 Å². The van der Waals surface area contributed by atoms with Crippen molar-refractivity contribution in [3.8, 4) is 0 Å². The van der Waals surface area contributed by atoms with Crippen LogP contribution < -0.4 is 11.1 Å². The lowest BCUT2D eigenvalue weighted by Crippen LogP contribution is -2.34. The van der Waals surface area contributed by atoms with E-state index < -0.39 is 0 Å². The number of rotatable bonds is 3. The number of imidazole rings is 1. The maximum atomic E-state index is 10.8. The molecule has 6 heteroatoms. The third-order valence-electron chi connectivity index (χ3n) is 2.33. The van der Waals surface area contributed by atoms with Gasteiger partial charge in [0.25, 0.3) is 0 Å². The lowest BCUT2D eigenvalue weighted by Gasteiger charge is -2.24. The van der Waals surface area contributed by atoms with E-state index in [1.54, 1.807) is 17.1 Å². The Morgan fingerprint density at radius 3 is 3.33 bits per heavy atom. The molecule has 6 nitrogen and oxygen atoms in total. The van der Waals surface area contributed by atoms with Crippen molar-refractivity contribution in [1.29, 1.82) is 0 Å². The highest BCUT2D eigenvalue weighted by molar-refractivity contribution is 5.73. The summed E-state index contributed by atoms with van der Waals surface area (Å²) in [6.45, 7) is 2.42. The number of primary amides is 1. The van der Waals surface area contributed by atoms with E-state index in [1.165, 1.54) is 0 Å². The number of aromatic nitrogens is 2. The number of carbonyl (C=O) groups excluding carboxylic acids is 1. The van der Waals surface area contributed by atoms with Crippen molar-refractivity contribution in [2.24, 2.45) is 5.73 Å². The molecule has 0 spiro atoms. The molecule has 0 bridgehead atoms. The zero-order chi connectivity index (χ0) is 10.7. The molecule has 15 heavy (non-hydrogen) atoms. The van der Waals surface area contributed by atoms with E-state index in [0.717, 1.165) is 18.8 Å². The Morgan fingerprint density at radius 1 is 1.80 bits per heavy atom. The van der Waals surface area contributed by atoms with Gasteiger partial charge in [-0.25, -0.2) is 4.98 Å². The van der Waals surface area contributed by atoms with Crippen LogP contribution in [0.2, 0.25) is 0 Å². The largest absolute Gasteiger partial charge is 0.369 e. The number of amides is 1. The Kier molecular flexibility index (Phi) is 2.98. The van der Waals surface area contributed by atoms with E-state index in [-0.39, 0.29) is 18.6 Å². The summed E-state index contributed by atoms with van der Waals surface area (Å²) in [6, 6.07) is 0. The number of nitrogens with one attached hydrogen (secondary N) is 1. The van der Waals surface area contributed by atoms with Crippen LogP contribution in [0.5, 0.6) is 0 Å². The molecule has 0 radical (unpaired) electrons. The van der Waals surface area contributed by atoms with Crippen LogP contribution in [0.1, 0.15) is 11.8 Å². The first kappa shape index (κ1) is 10.1. The van der Waals surface area contributed by atoms with Gasteiger partial charge in [0, 0.05) is 13.1 Å². The SMILES string of the molecule is NC(=O)Cn1cncc1C1CNCCO1. The minimum Gasteiger partial charge on any atom is -0.369 e. The van der Waals surface area contributed by atoms with Gasteiger partial charge in [0.05, 0.1) is 24.8 Å². The monoisotopic (exact) mass is 210 g/mol. The minimum atomic E-state index is -0.377. The fourth-order valence-corrected chi connectivity index (χ4v) is 1.65. The van der Waals surface area contributed by atoms with Gasteiger partial charge in [-0.1, -0.05) is 0 Å². The summed E-state index contributed by atoms with van der Waals surface area (Å²) in [7, 11) is 0. The molecular weight excluding hydrogens is 196 g/mol. The van der Waals surface area contributed by atoms with Crippen LogP contribution in [0.4, 0.5) is 0 Å². The molecule has 1 aromatic rings. The smallest absolute Gasteiger partial charge is 0.237 e. The predicted molar refractivity (Wildman–Crippen MR) is 53.0 cm³/mol. The van der Waals surface area contributed by atoms with Crippen molar-refractivity contribution in [1.82, 2.24) is 14.9 Å². The average molecular weight is 210 g/mol. The zero-order valence-corrected chi connectivity index (χ0v) is 8.35. The molecule has 1 aliphatic heterocycles. The summed E-state index contributed by atoms with van der Waals surface area (Å²) >= 11 is 0. The topological polar surface area (TPSA) is 82.2 Å². The van der Waals surface area contributed by atoms with Gasteiger partial charge >= 0.3 is 0 Å². The highest BCUT2D eigenvalue weighted by Gasteiger charge is 2.19. The van der Waals surface area contributed by atoms with E-state index >= 15 is 0 Å². The minimum absolute atomic E-state index is 0.0411. The molecule has 1 fully saturated rings. The Morgan fingerprint density at radius 2 is 2.67 bits per heavy atom. The van der Waals surface area contributed by atoms with E-state index in [4.69, 9.17) is 10.5 Å². The van der Waals surface area contributed by atoms with Gasteiger partial charge in [-0.15, -0.1) is 0 Å². The molecule has 82 valence electrons. The Balaban J connectivity index is 2.12. The molecule has 2 rings (SSSR count). The second-order valence-electron chi connectivity index (χ2n) is 3.48. The Hall–Kier alpha value is -1.40. The summed E-state index contributed by atoms with van der Waals surface area (Å²) in [6.07, 6.45) is 3.26. The molecule has 1 amide bonds. The third kappa shape index (κ3) is 2.34. The van der Waals surface area contributed by atoms with E-state index in [0.29, 0.717) is 6.61 Å². The molecule has 3 N–H and O–H groups in total. The van der Waals surface area contributed by atoms with Gasteiger partial charge in [-0.2, -0.15) is 0 Å². The van der Waals surface area contributed by atoms with E-state index in [1.807, 2.05) is 0 Å². The Bertz CT molecular complexity index is 344. The molecular formula is C9H14N4O2. The summed E-state index contributed by atoms with van der Waals surface area (Å²) in [4.78, 5) is 14.8. The highest BCUT2D eigenvalue weighted by Crippen LogP contribution is 2.17. The molecule has 0 saturated carbocycles. The van der Waals surface area contributed by atoms with Crippen molar-refractivity contribution >= 4 is 5.91 Å². The Labute approximate surface area is 87.4 Å². The van der Waals surface area contributed by atoms with Crippen LogP contribution in [0.3, 0.4) is 0 Å². The standard InChI is InChI=1S/C9H14N4O2/c10-9(14)5-13-6-12-3-7(13)8-4-11-1-2-15-8/h3,6,8,11H,1-2,4-5H2,(H2,10,14). The maximum absolute atomic E-state index is 10.8. The van der Waals surface area contributed by atoms with Gasteiger partial charge < -0.3 is 20.4 Å². The summed E-state index contributed by atoms with van der Waals surface area (Å²) in [5.41, 5.74) is 6.03. The van der Waals surface area contributed by atoms with Crippen LogP contribution in [-0.4, -0.2) is 35.2 Å². The number of nitrogens with zero attached hydrogens (tertiary/aromatic N) is 2. The first-order valence-electron chi connectivity index (χ1n) is 4.88. The molecule has 1 aromatic heterocycles. The first-order chi connectivity index (χ1) is 7.27. The third-order valence-corrected chi connectivity index (χ3v) is 2.33. The number of morpholine rings is 1. The summed E-state index contributed by atoms with van der Waals surface area (Å²) in [5.74, 6) is -0.377. The summed E-state index contributed by atoms with van der Waals surface area (Å²) < 4.78 is 7.29. The first-order valence-corrected chi connectivity index (χ1v) is 4.88. The predicted octanol–water partition coefficient (Wildman–Crippen LogP) is -0.971.